The number of nitrogens with zero attached hydrogens (tertiary/aromatic N) is 3. The monoisotopic (exact) mass is 658 g/mol. The lowest BCUT2D eigenvalue weighted by Crippen LogP contribution is -2.45. The molecule has 0 fully saturated rings. The van der Waals surface area contributed by atoms with E-state index in [2.05, 4.69) is 35.6 Å². The van der Waals surface area contributed by atoms with Crippen LogP contribution >= 0.6 is 0 Å². The number of hydrogen-bond acceptors (Lipinski definition) is 8. The van der Waals surface area contributed by atoms with Gasteiger partial charge in [-0.3, -0.25) is 14.6 Å². The van der Waals surface area contributed by atoms with Gasteiger partial charge in [-0.2, -0.15) is 0 Å². The summed E-state index contributed by atoms with van der Waals surface area (Å²) >= 11 is 0. The molecular formula is C39H38N4O6. The lowest BCUT2D eigenvalue weighted by Gasteiger charge is -2.35. The van der Waals surface area contributed by atoms with Crippen LogP contribution in [0, 0.1) is 0 Å². The standard InChI is InChI=1S/C39H38N4O6/c1-46-34-16-30-32(40-20-28-14-24-8-3-5-10-26(24)22-42(28)38(30)44)18-36(34)48-12-7-13-49-37-19-33-31(17-35(37)47-2)39(45)43-23-27-11-6-4-9-25(27)15-29(43)21-41-33/h3-6,8-11,16-20,28-29,41H,7,12-15,21-23H2,1-2H3/t28?,29-/m0/s1. The fraction of sp³-hybridized carbons (Fsp3) is 0.308. The SMILES string of the molecule is COc1cc2c(cc1OCCCOc1cc3c(cc1OC)C(=O)N1Cc4ccccc4C[C@H]1CN3)N=CC1Cc3ccccc3CN1C2=O. The van der Waals surface area contributed by atoms with Gasteiger partial charge in [-0.25, -0.2) is 0 Å². The second kappa shape index (κ2) is 12.8. The van der Waals surface area contributed by atoms with Crippen LogP contribution in [-0.2, 0) is 25.9 Å². The van der Waals surface area contributed by atoms with E-state index in [1.807, 2.05) is 40.3 Å². The minimum Gasteiger partial charge on any atom is -0.493 e. The fourth-order valence-electron chi connectivity index (χ4n) is 7.29. The fourth-order valence-corrected chi connectivity index (χ4v) is 7.29. The first-order chi connectivity index (χ1) is 24.0. The zero-order valence-electron chi connectivity index (χ0n) is 27.6. The second-order valence-corrected chi connectivity index (χ2v) is 12.8. The molecule has 0 spiro atoms. The van der Waals surface area contributed by atoms with Crippen molar-refractivity contribution in [3.63, 3.8) is 0 Å². The van der Waals surface area contributed by atoms with Crippen molar-refractivity contribution in [1.82, 2.24) is 9.80 Å². The zero-order valence-corrected chi connectivity index (χ0v) is 27.6. The highest BCUT2D eigenvalue weighted by Gasteiger charge is 2.35. The van der Waals surface area contributed by atoms with Crippen molar-refractivity contribution in [2.75, 3.05) is 39.3 Å². The van der Waals surface area contributed by atoms with Crippen molar-refractivity contribution in [2.45, 2.75) is 44.4 Å². The predicted octanol–water partition coefficient (Wildman–Crippen LogP) is 5.83. The first-order valence-corrected chi connectivity index (χ1v) is 16.7. The highest BCUT2D eigenvalue weighted by molar-refractivity contribution is 6.04. The summed E-state index contributed by atoms with van der Waals surface area (Å²) in [5.74, 6) is 1.95. The summed E-state index contributed by atoms with van der Waals surface area (Å²) < 4.78 is 23.6. The van der Waals surface area contributed by atoms with E-state index in [4.69, 9.17) is 23.9 Å². The first-order valence-electron chi connectivity index (χ1n) is 16.7. The molecule has 0 saturated carbocycles. The molecule has 4 aromatic rings. The largest absolute Gasteiger partial charge is 0.493 e. The van der Waals surface area contributed by atoms with E-state index in [0.29, 0.717) is 79.1 Å². The van der Waals surface area contributed by atoms with Gasteiger partial charge in [0.1, 0.15) is 0 Å². The second-order valence-electron chi connectivity index (χ2n) is 12.8. The van der Waals surface area contributed by atoms with Gasteiger partial charge in [0.25, 0.3) is 11.8 Å². The summed E-state index contributed by atoms with van der Waals surface area (Å²) in [6.07, 6.45) is 3.98. The number of nitrogens with one attached hydrogen (secondary N) is 1. The lowest BCUT2D eigenvalue weighted by molar-refractivity contribution is 0.0659. The van der Waals surface area contributed by atoms with Crippen LogP contribution in [0.15, 0.2) is 77.8 Å². The van der Waals surface area contributed by atoms with E-state index >= 15 is 0 Å². The van der Waals surface area contributed by atoms with E-state index < -0.39 is 0 Å². The Balaban J connectivity index is 0.924. The molecule has 4 heterocycles. The van der Waals surface area contributed by atoms with Gasteiger partial charge in [-0.1, -0.05) is 48.5 Å². The molecule has 4 aliphatic rings. The highest BCUT2D eigenvalue weighted by atomic mass is 16.5. The average Bonchev–Trinajstić information content (AvgIpc) is 3.35. The van der Waals surface area contributed by atoms with Crippen LogP contribution in [0.2, 0.25) is 0 Å². The van der Waals surface area contributed by atoms with E-state index in [1.54, 1.807) is 32.4 Å². The summed E-state index contributed by atoms with van der Waals surface area (Å²) in [4.78, 5) is 36.0. The van der Waals surface area contributed by atoms with Crippen LogP contribution in [0.5, 0.6) is 23.0 Å². The molecule has 1 unspecified atom stereocenters. The third kappa shape index (κ3) is 5.71. The topological polar surface area (TPSA) is 102 Å². The maximum absolute atomic E-state index is 13.7. The molecule has 2 amide bonds. The normalized spacial score (nSPS) is 18.7. The molecule has 8 rings (SSSR count). The minimum atomic E-state index is -0.112. The van der Waals surface area contributed by atoms with E-state index in [1.165, 1.54) is 16.7 Å². The lowest BCUT2D eigenvalue weighted by atomic mass is 9.94. The Bertz CT molecular complexity index is 1980. The van der Waals surface area contributed by atoms with Crippen molar-refractivity contribution in [1.29, 1.82) is 0 Å². The molecular weight excluding hydrogens is 620 g/mol. The highest BCUT2D eigenvalue weighted by Crippen LogP contribution is 2.40. The van der Waals surface area contributed by atoms with Crippen molar-refractivity contribution < 1.29 is 28.5 Å². The van der Waals surface area contributed by atoms with Crippen LogP contribution in [0.3, 0.4) is 0 Å². The number of hydrogen-bond donors (Lipinski definition) is 1. The van der Waals surface area contributed by atoms with Crippen LogP contribution in [0.1, 0.15) is 49.4 Å². The number of ether oxygens (including phenoxy) is 4. The Labute approximate surface area is 285 Å². The maximum atomic E-state index is 13.7. The van der Waals surface area contributed by atoms with Crippen molar-refractivity contribution >= 4 is 29.4 Å². The van der Waals surface area contributed by atoms with Gasteiger partial charge >= 0.3 is 0 Å². The maximum Gasteiger partial charge on any atom is 0.257 e. The first kappa shape index (κ1) is 30.8. The van der Waals surface area contributed by atoms with Crippen LogP contribution < -0.4 is 24.3 Å². The van der Waals surface area contributed by atoms with Gasteiger partial charge < -0.3 is 34.1 Å². The predicted molar refractivity (Wildman–Crippen MR) is 186 cm³/mol. The molecule has 10 nitrogen and oxygen atoms in total. The number of amides is 2. The quantitative estimate of drug-likeness (QED) is 0.238. The molecule has 1 N–H and O–H groups in total. The van der Waals surface area contributed by atoms with Crippen LogP contribution in [0.25, 0.3) is 0 Å². The molecule has 0 aromatic heterocycles. The molecule has 10 heteroatoms. The molecule has 0 radical (unpaired) electrons. The van der Waals surface area contributed by atoms with E-state index in [-0.39, 0.29) is 23.9 Å². The number of anilines is 1. The Morgan fingerprint density at radius 2 is 1.31 bits per heavy atom. The molecule has 2 atom stereocenters. The number of fused-ring (bicyclic) bond motifs is 6. The summed E-state index contributed by atoms with van der Waals surface area (Å²) in [6.45, 7) is 2.48. The summed E-state index contributed by atoms with van der Waals surface area (Å²) in [5.41, 5.74) is 7.26. The average molecular weight is 659 g/mol. The van der Waals surface area contributed by atoms with E-state index in [9.17, 15) is 9.59 Å². The molecule has 4 aromatic carbocycles. The number of carbonyl (C=O) groups excluding carboxylic acids is 2. The Kier molecular flexibility index (Phi) is 8.07. The smallest absolute Gasteiger partial charge is 0.257 e. The molecule has 49 heavy (non-hydrogen) atoms. The van der Waals surface area contributed by atoms with Gasteiger partial charge in [0, 0.05) is 44.4 Å². The van der Waals surface area contributed by atoms with Gasteiger partial charge in [0.05, 0.1) is 62.0 Å². The van der Waals surface area contributed by atoms with Crippen LogP contribution in [0.4, 0.5) is 11.4 Å². The van der Waals surface area contributed by atoms with E-state index in [0.717, 1.165) is 24.1 Å². The van der Waals surface area contributed by atoms with Crippen molar-refractivity contribution in [3.05, 3.63) is 106 Å². The summed E-state index contributed by atoms with van der Waals surface area (Å²) in [6, 6.07) is 23.6. The molecule has 4 aliphatic heterocycles. The van der Waals surface area contributed by atoms with Gasteiger partial charge in [0.15, 0.2) is 23.0 Å². The molecule has 0 aliphatic carbocycles. The zero-order chi connectivity index (χ0) is 33.5. The van der Waals surface area contributed by atoms with Crippen molar-refractivity contribution in [2.24, 2.45) is 4.99 Å². The Hall–Kier alpha value is -5.51. The number of rotatable bonds is 8. The summed E-state index contributed by atoms with van der Waals surface area (Å²) in [5, 5.41) is 3.49. The number of methoxy groups -OCH3 is 2. The molecule has 250 valence electrons. The third-order valence-corrected chi connectivity index (χ3v) is 9.93. The van der Waals surface area contributed by atoms with Crippen molar-refractivity contribution in [3.8, 4) is 23.0 Å². The number of benzene rings is 4. The van der Waals surface area contributed by atoms with Gasteiger partial charge in [-0.15, -0.1) is 0 Å². The molecule has 0 bridgehead atoms. The van der Waals surface area contributed by atoms with Gasteiger partial charge in [-0.05, 0) is 47.2 Å². The summed E-state index contributed by atoms with van der Waals surface area (Å²) in [7, 11) is 3.14. The Morgan fingerprint density at radius 3 is 2.00 bits per heavy atom. The van der Waals surface area contributed by atoms with Crippen LogP contribution in [-0.4, -0.2) is 73.9 Å². The third-order valence-electron chi connectivity index (χ3n) is 9.93. The number of carbonyl (C=O) groups is 2. The molecule has 0 saturated heterocycles. The van der Waals surface area contributed by atoms with Gasteiger partial charge in [0.2, 0.25) is 0 Å². The minimum absolute atomic E-state index is 0.0143. The number of aliphatic imine (C=N–C) groups is 1. The Morgan fingerprint density at radius 1 is 0.714 bits per heavy atom.